The van der Waals surface area contributed by atoms with E-state index in [2.05, 4.69) is 67.9 Å². The van der Waals surface area contributed by atoms with Crippen molar-refractivity contribution < 1.29 is 14.3 Å². The molecule has 1 aromatic carbocycles. The van der Waals surface area contributed by atoms with E-state index >= 15 is 0 Å². The van der Waals surface area contributed by atoms with E-state index in [1.165, 1.54) is 11.1 Å². The van der Waals surface area contributed by atoms with Gasteiger partial charge in [0.1, 0.15) is 5.76 Å². The molecular weight excluding hydrogens is 454 g/mol. The normalized spacial score (nSPS) is 24.1. The number of hydrogen-bond donors (Lipinski definition) is 2. The van der Waals surface area contributed by atoms with Gasteiger partial charge in [-0.3, -0.25) is 15.0 Å². The number of H-pyrrole nitrogens is 1. The molecule has 1 aliphatic carbocycles. The van der Waals surface area contributed by atoms with Crippen molar-refractivity contribution in [2.75, 3.05) is 26.2 Å². The summed E-state index contributed by atoms with van der Waals surface area (Å²) in [6, 6.07) is 4.26. The number of aliphatic imine (C=N–C) groups is 1. The first-order chi connectivity index (χ1) is 17.1. The van der Waals surface area contributed by atoms with Crippen molar-refractivity contribution in [1.29, 1.82) is 0 Å². The number of amides is 1. The number of rotatable bonds is 5. The van der Waals surface area contributed by atoms with E-state index in [1.54, 1.807) is 0 Å². The van der Waals surface area contributed by atoms with Crippen LogP contribution in [-0.4, -0.2) is 58.7 Å². The minimum atomic E-state index is -0.809. The van der Waals surface area contributed by atoms with Gasteiger partial charge in [-0.15, -0.1) is 0 Å². The molecule has 190 valence electrons. The number of primary amides is 1. The molecule has 2 aromatic rings. The highest BCUT2D eigenvalue weighted by atomic mass is 16.5. The van der Waals surface area contributed by atoms with Crippen molar-refractivity contribution in [3.8, 4) is 0 Å². The number of aromatic amines is 1. The molecule has 1 amide bonds. The number of allylic oxidation sites excluding steroid dienone is 4. The number of nitrogens with zero attached hydrogens (tertiary/aromatic N) is 3. The summed E-state index contributed by atoms with van der Waals surface area (Å²) >= 11 is 0. The maximum atomic E-state index is 11.5. The molecule has 1 aromatic heterocycles. The van der Waals surface area contributed by atoms with Gasteiger partial charge < -0.3 is 15.2 Å². The van der Waals surface area contributed by atoms with Gasteiger partial charge in [0.25, 0.3) is 0 Å². The molecule has 8 heteroatoms. The lowest BCUT2D eigenvalue weighted by Crippen LogP contribution is -2.49. The number of nitrogens with one attached hydrogen (secondary N) is 1. The zero-order valence-corrected chi connectivity index (χ0v) is 21.7. The minimum Gasteiger partial charge on any atom is -0.411 e. The Bertz CT molecular complexity index is 1310. The summed E-state index contributed by atoms with van der Waals surface area (Å²) in [4.78, 5) is 19.2. The summed E-state index contributed by atoms with van der Waals surface area (Å²) in [5.74, 6) is 0.780. The van der Waals surface area contributed by atoms with Gasteiger partial charge in [-0.2, -0.15) is 5.10 Å². The molecule has 5 rings (SSSR count). The number of carbonyl (C=O) groups excluding carboxylic acids is 1. The molecule has 2 atom stereocenters. The lowest BCUT2D eigenvalue weighted by atomic mass is 9.73. The number of fused-ring (bicyclic) bond motifs is 2. The first kappa shape index (κ1) is 24.5. The lowest BCUT2D eigenvalue weighted by molar-refractivity contribution is -0.0839. The molecule has 0 radical (unpaired) electrons. The Morgan fingerprint density at radius 3 is 2.86 bits per heavy atom. The fourth-order valence-corrected chi connectivity index (χ4v) is 5.72. The Morgan fingerprint density at radius 1 is 1.33 bits per heavy atom. The van der Waals surface area contributed by atoms with E-state index < -0.39 is 6.09 Å². The molecule has 2 aliphatic heterocycles. The van der Waals surface area contributed by atoms with Gasteiger partial charge in [-0.05, 0) is 56.0 Å². The molecule has 0 saturated carbocycles. The predicted octanol–water partition coefficient (Wildman–Crippen LogP) is 4.66. The largest absolute Gasteiger partial charge is 0.411 e. The van der Waals surface area contributed by atoms with E-state index in [9.17, 15) is 4.79 Å². The molecule has 3 N–H and O–H groups in total. The molecule has 1 fully saturated rings. The predicted molar refractivity (Wildman–Crippen MR) is 141 cm³/mol. The van der Waals surface area contributed by atoms with Crippen LogP contribution in [0, 0.1) is 11.8 Å². The van der Waals surface area contributed by atoms with Crippen LogP contribution in [0.1, 0.15) is 51.7 Å². The number of ether oxygens (including phenoxy) is 2. The fraction of sp³-hybridized carbons (Fsp3) is 0.464. The van der Waals surface area contributed by atoms with Crippen LogP contribution in [0.5, 0.6) is 0 Å². The van der Waals surface area contributed by atoms with Crippen molar-refractivity contribution in [1.82, 2.24) is 15.1 Å². The van der Waals surface area contributed by atoms with E-state index in [0.29, 0.717) is 18.3 Å². The Hall–Kier alpha value is -3.23. The van der Waals surface area contributed by atoms with Crippen molar-refractivity contribution in [2.24, 2.45) is 22.6 Å². The third-order valence-electron chi connectivity index (χ3n) is 7.32. The second kappa shape index (κ2) is 9.33. The van der Waals surface area contributed by atoms with E-state index in [0.717, 1.165) is 47.5 Å². The third-order valence-corrected chi connectivity index (χ3v) is 7.32. The standard InChI is InChI=1S/C28H35N5O3/c1-16(2)19-8-9-24-22(13-30-32-24)25(19)26-20-7-6-18(36-27(29)34)12-21(20)23(17(3)31-26)14-33-10-11-35-28(4,5)15-33/h6-9,12-13,16,20-21H,10-11,14-15H2,1-5H3,(H2,29,34)(H,30,32). The SMILES string of the molecule is CC1=C(CN2CCOC(C)(C)C2)C2C=C(OC(N)=O)C=CC2C(c2c(C(C)C)ccc3[nH]ncc23)=N1. The lowest BCUT2D eigenvalue weighted by Gasteiger charge is -2.41. The monoisotopic (exact) mass is 489 g/mol. The van der Waals surface area contributed by atoms with Gasteiger partial charge in [-0.1, -0.05) is 26.0 Å². The Balaban J connectivity index is 1.63. The summed E-state index contributed by atoms with van der Waals surface area (Å²) < 4.78 is 11.2. The maximum absolute atomic E-state index is 11.5. The Morgan fingerprint density at radius 2 is 2.14 bits per heavy atom. The number of hydrogen-bond acceptors (Lipinski definition) is 6. The quantitative estimate of drug-likeness (QED) is 0.636. The highest BCUT2D eigenvalue weighted by molar-refractivity contribution is 6.14. The number of nitrogens with two attached hydrogens (primary N) is 1. The average Bonchev–Trinajstić information content (AvgIpc) is 3.28. The van der Waals surface area contributed by atoms with Crippen LogP contribution in [0.15, 0.2) is 58.6 Å². The van der Waals surface area contributed by atoms with Crippen molar-refractivity contribution in [3.05, 3.63) is 64.7 Å². The van der Waals surface area contributed by atoms with Gasteiger partial charge in [0.05, 0.1) is 29.6 Å². The number of aromatic nitrogens is 2. The number of carbonyl (C=O) groups is 1. The zero-order chi connectivity index (χ0) is 25.6. The van der Waals surface area contributed by atoms with Gasteiger partial charge >= 0.3 is 6.09 Å². The number of benzene rings is 1. The average molecular weight is 490 g/mol. The van der Waals surface area contributed by atoms with Crippen LogP contribution in [0.4, 0.5) is 4.79 Å². The maximum Gasteiger partial charge on any atom is 0.409 e. The minimum absolute atomic E-state index is 0.00372. The van der Waals surface area contributed by atoms with Crippen LogP contribution in [-0.2, 0) is 9.47 Å². The first-order valence-electron chi connectivity index (χ1n) is 12.6. The molecule has 36 heavy (non-hydrogen) atoms. The van der Waals surface area contributed by atoms with Crippen molar-refractivity contribution >= 4 is 22.7 Å². The second-order valence-electron chi connectivity index (χ2n) is 10.8. The molecule has 0 bridgehead atoms. The molecule has 0 spiro atoms. The summed E-state index contributed by atoms with van der Waals surface area (Å²) in [7, 11) is 0. The topological polar surface area (TPSA) is 106 Å². The molecular formula is C28H35N5O3. The van der Waals surface area contributed by atoms with Crippen LogP contribution >= 0.6 is 0 Å². The van der Waals surface area contributed by atoms with Gasteiger partial charge in [0, 0.05) is 48.1 Å². The zero-order valence-electron chi connectivity index (χ0n) is 21.7. The summed E-state index contributed by atoms with van der Waals surface area (Å²) in [6.07, 6.45) is 7.04. The molecule has 8 nitrogen and oxygen atoms in total. The van der Waals surface area contributed by atoms with Crippen LogP contribution < -0.4 is 5.73 Å². The van der Waals surface area contributed by atoms with Crippen molar-refractivity contribution in [2.45, 2.75) is 46.1 Å². The highest BCUT2D eigenvalue weighted by Crippen LogP contribution is 2.41. The van der Waals surface area contributed by atoms with Crippen LogP contribution in [0.2, 0.25) is 0 Å². The summed E-state index contributed by atoms with van der Waals surface area (Å²) in [5.41, 5.74) is 11.8. The van der Waals surface area contributed by atoms with E-state index in [4.69, 9.17) is 20.2 Å². The molecule has 2 unspecified atom stereocenters. The van der Waals surface area contributed by atoms with E-state index in [1.807, 2.05) is 18.3 Å². The first-order valence-corrected chi connectivity index (χ1v) is 12.6. The molecule has 3 aliphatic rings. The smallest absolute Gasteiger partial charge is 0.409 e. The Labute approximate surface area is 211 Å². The Kier molecular flexibility index (Phi) is 6.34. The molecule has 1 saturated heterocycles. The fourth-order valence-electron chi connectivity index (χ4n) is 5.72. The second-order valence-corrected chi connectivity index (χ2v) is 10.8. The van der Waals surface area contributed by atoms with Crippen LogP contribution in [0.3, 0.4) is 0 Å². The summed E-state index contributed by atoms with van der Waals surface area (Å²) in [6.45, 7) is 13.9. The third kappa shape index (κ3) is 4.63. The van der Waals surface area contributed by atoms with Crippen molar-refractivity contribution in [3.63, 3.8) is 0 Å². The summed E-state index contributed by atoms with van der Waals surface area (Å²) in [5, 5.41) is 8.50. The highest BCUT2D eigenvalue weighted by Gasteiger charge is 2.38. The van der Waals surface area contributed by atoms with Gasteiger partial charge in [-0.25, -0.2) is 4.79 Å². The van der Waals surface area contributed by atoms with E-state index in [-0.39, 0.29) is 17.4 Å². The number of morpholine rings is 1. The van der Waals surface area contributed by atoms with Gasteiger partial charge in [0.15, 0.2) is 0 Å². The van der Waals surface area contributed by atoms with Crippen LogP contribution in [0.25, 0.3) is 10.9 Å². The molecule has 3 heterocycles. The van der Waals surface area contributed by atoms with Gasteiger partial charge in [0.2, 0.25) is 0 Å².